The standard InChI is InChI=1S/C18H12N6/c1-3-13-15(23-10-22-13)5-11(1)12-2-4-14-16(6-12)20-8-18(24-14)17-7-19-9-21-17/h1-10H,(H,19,21)(H,22,23). The lowest BCUT2D eigenvalue weighted by Gasteiger charge is -2.05. The van der Waals surface area contributed by atoms with Crippen LogP contribution in [0.4, 0.5) is 0 Å². The first kappa shape index (κ1) is 13.0. The number of imidazole rings is 2. The van der Waals surface area contributed by atoms with Gasteiger partial charge in [-0.1, -0.05) is 12.1 Å². The van der Waals surface area contributed by atoms with Crippen molar-refractivity contribution in [1.29, 1.82) is 0 Å². The Morgan fingerprint density at radius 2 is 1.58 bits per heavy atom. The Bertz CT molecular complexity index is 1160. The topological polar surface area (TPSA) is 83.1 Å². The molecule has 5 aromatic rings. The number of rotatable bonds is 2. The molecule has 3 heterocycles. The van der Waals surface area contributed by atoms with E-state index < -0.39 is 0 Å². The molecule has 0 fully saturated rings. The van der Waals surface area contributed by atoms with Gasteiger partial charge in [0.2, 0.25) is 0 Å². The van der Waals surface area contributed by atoms with Gasteiger partial charge in [-0.2, -0.15) is 0 Å². The number of hydrogen-bond acceptors (Lipinski definition) is 4. The Morgan fingerprint density at radius 1 is 0.708 bits per heavy atom. The van der Waals surface area contributed by atoms with Gasteiger partial charge in [-0.3, -0.25) is 4.98 Å². The summed E-state index contributed by atoms with van der Waals surface area (Å²) in [5.41, 5.74) is 7.56. The molecule has 0 aliphatic heterocycles. The first-order valence-electron chi connectivity index (χ1n) is 7.56. The van der Waals surface area contributed by atoms with Gasteiger partial charge < -0.3 is 9.97 Å². The lowest BCUT2D eigenvalue weighted by molar-refractivity contribution is 1.26. The predicted molar refractivity (Wildman–Crippen MR) is 92.2 cm³/mol. The molecule has 3 aromatic heterocycles. The molecule has 0 aliphatic carbocycles. The lowest BCUT2D eigenvalue weighted by Crippen LogP contribution is -1.89. The second kappa shape index (κ2) is 4.99. The second-order valence-corrected chi connectivity index (χ2v) is 5.56. The van der Waals surface area contributed by atoms with Crippen molar-refractivity contribution in [3.63, 3.8) is 0 Å². The zero-order valence-corrected chi connectivity index (χ0v) is 12.6. The third-order valence-electron chi connectivity index (χ3n) is 4.07. The van der Waals surface area contributed by atoms with Gasteiger partial charge in [-0.05, 0) is 35.4 Å². The molecule has 0 saturated carbocycles. The molecule has 0 atom stereocenters. The second-order valence-electron chi connectivity index (χ2n) is 5.56. The van der Waals surface area contributed by atoms with E-state index in [9.17, 15) is 0 Å². The normalized spacial score (nSPS) is 11.3. The molecule has 24 heavy (non-hydrogen) atoms. The molecule has 0 unspecified atom stereocenters. The SMILES string of the molecule is c1ncc(-c2cnc3cc(-c4ccc5nc[nH]c5c4)ccc3n2)[nH]1. The number of fused-ring (bicyclic) bond motifs is 2. The van der Waals surface area contributed by atoms with E-state index in [1.54, 1.807) is 25.0 Å². The summed E-state index contributed by atoms with van der Waals surface area (Å²) in [6, 6.07) is 12.3. The summed E-state index contributed by atoms with van der Waals surface area (Å²) in [7, 11) is 0. The van der Waals surface area contributed by atoms with Crippen LogP contribution in [0.5, 0.6) is 0 Å². The van der Waals surface area contributed by atoms with Crippen LogP contribution in [0.1, 0.15) is 0 Å². The maximum Gasteiger partial charge on any atom is 0.107 e. The molecule has 0 spiro atoms. The van der Waals surface area contributed by atoms with Crippen LogP contribution in [0.25, 0.3) is 44.6 Å². The Balaban J connectivity index is 1.61. The third kappa shape index (κ3) is 2.04. The number of nitrogens with one attached hydrogen (secondary N) is 2. The van der Waals surface area contributed by atoms with E-state index in [2.05, 4.69) is 54.2 Å². The van der Waals surface area contributed by atoms with E-state index in [0.717, 1.165) is 44.6 Å². The number of H-pyrrole nitrogens is 2. The molecule has 0 radical (unpaired) electrons. The molecular weight excluding hydrogens is 300 g/mol. The number of hydrogen-bond donors (Lipinski definition) is 2. The van der Waals surface area contributed by atoms with E-state index in [-0.39, 0.29) is 0 Å². The highest BCUT2D eigenvalue weighted by molar-refractivity contribution is 5.86. The smallest absolute Gasteiger partial charge is 0.107 e. The number of aromatic nitrogens is 6. The lowest BCUT2D eigenvalue weighted by atomic mass is 10.0. The van der Waals surface area contributed by atoms with Crippen LogP contribution in [-0.4, -0.2) is 29.9 Å². The molecular formula is C18H12N6. The van der Waals surface area contributed by atoms with Gasteiger partial charge in [0.05, 0.1) is 52.8 Å². The third-order valence-corrected chi connectivity index (χ3v) is 4.07. The van der Waals surface area contributed by atoms with E-state index in [4.69, 9.17) is 0 Å². The van der Waals surface area contributed by atoms with E-state index >= 15 is 0 Å². The molecule has 114 valence electrons. The van der Waals surface area contributed by atoms with E-state index in [1.807, 2.05) is 12.1 Å². The van der Waals surface area contributed by atoms with Crippen LogP contribution < -0.4 is 0 Å². The summed E-state index contributed by atoms with van der Waals surface area (Å²) in [5.74, 6) is 0. The number of aromatic amines is 2. The minimum absolute atomic E-state index is 0.784. The van der Waals surface area contributed by atoms with Gasteiger partial charge >= 0.3 is 0 Å². The fourth-order valence-electron chi connectivity index (χ4n) is 2.83. The molecule has 6 nitrogen and oxygen atoms in total. The Hall–Kier alpha value is -3.54. The van der Waals surface area contributed by atoms with Crippen molar-refractivity contribution in [2.45, 2.75) is 0 Å². The average molecular weight is 312 g/mol. The summed E-state index contributed by atoms with van der Waals surface area (Å²) >= 11 is 0. The molecule has 0 amide bonds. The summed E-state index contributed by atoms with van der Waals surface area (Å²) in [4.78, 5) is 23.7. The number of benzene rings is 2. The van der Waals surface area contributed by atoms with Gasteiger partial charge in [0, 0.05) is 0 Å². The summed E-state index contributed by atoms with van der Waals surface area (Å²) in [6.07, 6.45) is 6.84. The van der Waals surface area contributed by atoms with E-state index in [0.29, 0.717) is 0 Å². The minimum Gasteiger partial charge on any atom is -0.345 e. The monoisotopic (exact) mass is 312 g/mol. The Labute approximate surface area is 136 Å². The zero-order valence-electron chi connectivity index (χ0n) is 12.6. The molecule has 2 N–H and O–H groups in total. The van der Waals surface area contributed by atoms with Gasteiger partial charge in [0.15, 0.2) is 0 Å². The molecule has 0 bridgehead atoms. The number of nitrogens with zero attached hydrogens (tertiary/aromatic N) is 4. The van der Waals surface area contributed by atoms with Crippen LogP contribution in [0, 0.1) is 0 Å². The molecule has 0 saturated heterocycles. The zero-order chi connectivity index (χ0) is 15.9. The van der Waals surface area contributed by atoms with Gasteiger partial charge in [-0.25, -0.2) is 15.0 Å². The molecule has 0 aliphatic rings. The predicted octanol–water partition coefficient (Wildman–Crippen LogP) is 3.56. The van der Waals surface area contributed by atoms with Gasteiger partial charge in [0.25, 0.3) is 0 Å². The minimum atomic E-state index is 0.784. The van der Waals surface area contributed by atoms with Gasteiger partial charge in [0.1, 0.15) is 5.69 Å². The summed E-state index contributed by atoms with van der Waals surface area (Å²) < 4.78 is 0. The first-order valence-corrected chi connectivity index (χ1v) is 7.56. The highest BCUT2D eigenvalue weighted by atomic mass is 14.9. The van der Waals surface area contributed by atoms with Crippen LogP contribution in [-0.2, 0) is 0 Å². The van der Waals surface area contributed by atoms with Crippen molar-refractivity contribution < 1.29 is 0 Å². The summed E-state index contributed by atoms with van der Waals surface area (Å²) in [5, 5.41) is 0. The van der Waals surface area contributed by atoms with Crippen molar-refractivity contribution in [2.75, 3.05) is 0 Å². The van der Waals surface area contributed by atoms with Crippen molar-refractivity contribution in [2.24, 2.45) is 0 Å². The maximum atomic E-state index is 4.64. The molecule has 2 aromatic carbocycles. The van der Waals surface area contributed by atoms with Crippen LogP contribution in [0.2, 0.25) is 0 Å². The highest BCUT2D eigenvalue weighted by Crippen LogP contribution is 2.26. The quantitative estimate of drug-likeness (QED) is 0.522. The van der Waals surface area contributed by atoms with Gasteiger partial charge in [-0.15, -0.1) is 0 Å². The van der Waals surface area contributed by atoms with Crippen molar-refractivity contribution in [3.8, 4) is 22.5 Å². The van der Waals surface area contributed by atoms with Crippen molar-refractivity contribution in [1.82, 2.24) is 29.9 Å². The molecule has 6 heteroatoms. The average Bonchev–Trinajstić information content (AvgIpc) is 3.31. The van der Waals surface area contributed by atoms with Crippen LogP contribution >= 0.6 is 0 Å². The van der Waals surface area contributed by atoms with E-state index in [1.165, 1.54) is 0 Å². The maximum absolute atomic E-state index is 4.64. The Kier molecular flexibility index (Phi) is 2.69. The van der Waals surface area contributed by atoms with Crippen LogP contribution in [0.3, 0.4) is 0 Å². The van der Waals surface area contributed by atoms with Crippen molar-refractivity contribution >= 4 is 22.1 Å². The van der Waals surface area contributed by atoms with Crippen molar-refractivity contribution in [3.05, 3.63) is 61.4 Å². The summed E-state index contributed by atoms with van der Waals surface area (Å²) in [6.45, 7) is 0. The fourth-order valence-corrected chi connectivity index (χ4v) is 2.83. The van der Waals surface area contributed by atoms with Crippen LogP contribution in [0.15, 0.2) is 61.4 Å². The first-order chi connectivity index (χ1) is 11.9. The fraction of sp³-hybridized carbons (Fsp3) is 0. The largest absolute Gasteiger partial charge is 0.345 e. The Morgan fingerprint density at radius 3 is 2.46 bits per heavy atom. The highest BCUT2D eigenvalue weighted by Gasteiger charge is 2.06. The molecule has 5 rings (SSSR count).